The molecule has 0 aliphatic rings. The Hall–Kier alpha value is -1.86. The van der Waals surface area contributed by atoms with Gasteiger partial charge in [0.15, 0.2) is 0 Å². The van der Waals surface area contributed by atoms with Crippen LogP contribution in [0.4, 0.5) is 0 Å². The van der Waals surface area contributed by atoms with Crippen LogP contribution < -0.4 is 0 Å². The number of rotatable bonds is 8. The summed E-state index contributed by atoms with van der Waals surface area (Å²) >= 11 is 11.9. The van der Waals surface area contributed by atoms with E-state index in [-0.39, 0.29) is 19.5 Å². The second-order valence-corrected chi connectivity index (χ2v) is 8.91. The van der Waals surface area contributed by atoms with Gasteiger partial charge in [-0.1, -0.05) is 59.6 Å². The first kappa shape index (κ1) is 21.4. The zero-order valence-corrected chi connectivity index (χ0v) is 16.9. The lowest BCUT2D eigenvalue weighted by Gasteiger charge is -2.18. The number of sulfonamides is 1. The Bertz CT molecular complexity index is 938. The van der Waals surface area contributed by atoms with Crippen LogP contribution in [0.1, 0.15) is 16.7 Å². The van der Waals surface area contributed by atoms with E-state index in [0.29, 0.717) is 15.6 Å². The first-order valence-electron chi connectivity index (χ1n) is 8.01. The fourth-order valence-electron chi connectivity index (χ4n) is 2.51. The molecule has 2 aromatic carbocycles. The molecule has 1 N–H and O–H groups in total. The minimum atomic E-state index is -3.46. The average molecular weight is 428 g/mol. The molecule has 0 bridgehead atoms. The number of aliphatic carboxylic acids is 1. The predicted molar refractivity (Wildman–Crippen MR) is 109 cm³/mol. The maximum Gasteiger partial charge on any atom is 0.307 e. The summed E-state index contributed by atoms with van der Waals surface area (Å²) < 4.78 is 25.5. The van der Waals surface area contributed by atoms with E-state index in [4.69, 9.17) is 28.3 Å². The summed E-state index contributed by atoms with van der Waals surface area (Å²) in [5, 5.41) is 9.89. The zero-order chi connectivity index (χ0) is 20.0. The lowest BCUT2D eigenvalue weighted by atomic mass is 10.1. The molecule has 0 amide bonds. The highest BCUT2D eigenvalue weighted by molar-refractivity contribution is 7.88. The van der Waals surface area contributed by atoms with Gasteiger partial charge in [-0.3, -0.25) is 4.79 Å². The summed E-state index contributed by atoms with van der Waals surface area (Å²) in [7, 11) is -3.46. The Balaban J connectivity index is 2.14. The third-order valence-corrected chi connectivity index (χ3v) is 5.33. The molecule has 0 heterocycles. The fourth-order valence-corrected chi connectivity index (χ4v) is 3.79. The number of hydrogen-bond acceptors (Lipinski definition) is 3. The molecule has 0 atom stereocenters. The third kappa shape index (κ3) is 7.34. The molecule has 5 nitrogen and oxygen atoms in total. The summed E-state index contributed by atoms with van der Waals surface area (Å²) in [5.74, 6) is -0.935. The van der Waals surface area contributed by atoms with E-state index in [9.17, 15) is 13.2 Å². The molecule has 0 aliphatic carbocycles. The molecule has 27 heavy (non-hydrogen) atoms. The second kappa shape index (κ2) is 9.37. The quantitative estimate of drug-likeness (QED) is 0.687. The highest BCUT2D eigenvalue weighted by atomic mass is 35.5. The van der Waals surface area contributed by atoms with Crippen LogP contribution in [0.15, 0.2) is 48.5 Å². The molecule has 2 aromatic rings. The first-order chi connectivity index (χ1) is 12.6. The van der Waals surface area contributed by atoms with Crippen LogP contribution in [-0.4, -0.2) is 36.6 Å². The van der Waals surface area contributed by atoms with Gasteiger partial charge in [0.1, 0.15) is 0 Å². The van der Waals surface area contributed by atoms with Gasteiger partial charge in [0, 0.05) is 23.1 Å². The van der Waals surface area contributed by atoms with E-state index < -0.39 is 16.0 Å². The van der Waals surface area contributed by atoms with Gasteiger partial charge in [0.2, 0.25) is 10.0 Å². The first-order valence-corrected chi connectivity index (χ1v) is 10.6. The van der Waals surface area contributed by atoms with Gasteiger partial charge in [-0.2, -0.15) is 4.31 Å². The van der Waals surface area contributed by atoms with Crippen molar-refractivity contribution in [2.45, 2.75) is 13.0 Å². The van der Waals surface area contributed by atoms with Crippen molar-refractivity contribution in [3.8, 4) is 0 Å². The number of halogens is 2. The molecule has 0 aromatic heterocycles. The Morgan fingerprint density at radius 3 is 2.33 bits per heavy atom. The summed E-state index contributed by atoms with van der Waals surface area (Å²) in [6, 6.07) is 12.0. The van der Waals surface area contributed by atoms with E-state index in [0.717, 1.165) is 17.4 Å². The third-order valence-electron chi connectivity index (χ3n) is 3.68. The minimum absolute atomic E-state index is 0.109. The summed E-state index contributed by atoms with van der Waals surface area (Å²) in [4.78, 5) is 10.9. The van der Waals surface area contributed by atoms with Crippen LogP contribution in [0.3, 0.4) is 0 Å². The molecule has 0 aliphatic heterocycles. The molecule has 0 spiro atoms. The van der Waals surface area contributed by atoms with Gasteiger partial charge in [-0.15, -0.1) is 0 Å². The number of carbonyl (C=O) groups is 1. The Morgan fingerprint density at radius 1 is 1.11 bits per heavy atom. The van der Waals surface area contributed by atoms with E-state index in [1.165, 1.54) is 4.31 Å². The molecular weight excluding hydrogens is 409 g/mol. The van der Waals surface area contributed by atoms with E-state index in [2.05, 4.69) is 0 Å². The van der Waals surface area contributed by atoms with E-state index in [1.54, 1.807) is 54.6 Å². The number of carboxylic acids is 1. The summed E-state index contributed by atoms with van der Waals surface area (Å²) in [5.41, 5.74) is 2.11. The van der Waals surface area contributed by atoms with Crippen LogP contribution in [-0.2, 0) is 27.8 Å². The van der Waals surface area contributed by atoms with Crippen molar-refractivity contribution in [1.82, 2.24) is 4.31 Å². The van der Waals surface area contributed by atoms with Crippen LogP contribution in [0.25, 0.3) is 6.08 Å². The van der Waals surface area contributed by atoms with Crippen molar-refractivity contribution in [1.29, 1.82) is 0 Å². The lowest BCUT2D eigenvalue weighted by Crippen LogP contribution is -2.29. The van der Waals surface area contributed by atoms with Crippen molar-refractivity contribution >= 4 is 45.3 Å². The summed E-state index contributed by atoms with van der Waals surface area (Å²) in [6.07, 6.45) is 4.49. The highest BCUT2D eigenvalue weighted by Crippen LogP contribution is 2.20. The van der Waals surface area contributed by atoms with Gasteiger partial charge in [-0.25, -0.2) is 8.42 Å². The molecule has 0 radical (unpaired) electrons. The van der Waals surface area contributed by atoms with Crippen LogP contribution in [0.2, 0.25) is 10.0 Å². The fraction of sp³-hybridized carbons (Fsp3) is 0.211. The van der Waals surface area contributed by atoms with Gasteiger partial charge >= 0.3 is 5.97 Å². The van der Waals surface area contributed by atoms with Gasteiger partial charge in [0.25, 0.3) is 0 Å². The standard InChI is InChI=1S/C19H19Cl2NO4S/c1-27(25,26)22(7-3-6-15-9-17(20)12-18(21)10-15)13-16-5-2-4-14(8-16)11-19(23)24/h2-6,8-10,12H,7,11,13H2,1H3,(H,23,24)/b6-3+. The molecule has 0 saturated carbocycles. The second-order valence-electron chi connectivity index (χ2n) is 6.05. The van der Waals surface area contributed by atoms with Crippen molar-refractivity contribution in [3.63, 3.8) is 0 Å². The minimum Gasteiger partial charge on any atom is -0.481 e. The smallest absolute Gasteiger partial charge is 0.307 e. The van der Waals surface area contributed by atoms with Crippen molar-refractivity contribution < 1.29 is 18.3 Å². The molecule has 144 valence electrons. The monoisotopic (exact) mass is 427 g/mol. The van der Waals surface area contributed by atoms with E-state index >= 15 is 0 Å². The van der Waals surface area contributed by atoms with Gasteiger partial charge in [0.05, 0.1) is 12.7 Å². The maximum atomic E-state index is 12.1. The highest BCUT2D eigenvalue weighted by Gasteiger charge is 2.16. The normalized spacial score (nSPS) is 12.0. The molecule has 2 rings (SSSR count). The zero-order valence-electron chi connectivity index (χ0n) is 14.6. The van der Waals surface area contributed by atoms with Crippen molar-refractivity contribution in [2.24, 2.45) is 0 Å². The molecular formula is C19H19Cl2NO4S. The topological polar surface area (TPSA) is 74.7 Å². The van der Waals surface area contributed by atoms with Gasteiger partial charge < -0.3 is 5.11 Å². The number of benzene rings is 2. The largest absolute Gasteiger partial charge is 0.481 e. The molecule has 0 fully saturated rings. The maximum absolute atomic E-state index is 12.1. The lowest BCUT2D eigenvalue weighted by molar-refractivity contribution is -0.136. The van der Waals surface area contributed by atoms with Crippen molar-refractivity contribution in [3.05, 3.63) is 75.3 Å². The predicted octanol–water partition coefficient (Wildman–Crippen LogP) is 4.10. The van der Waals surface area contributed by atoms with Crippen LogP contribution >= 0.6 is 23.2 Å². The van der Waals surface area contributed by atoms with Crippen molar-refractivity contribution in [2.75, 3.05) is 12.8 Å². The Morgan fingerprint density at radius 2 is 1.74 bits per heavy atom. The summed E-state index contributed by atoms with van der Waals surface area (Å²) in [6.45, 7) is 0.305. The Labute approximate surface area is 168 Å². The van der Waals surface area contributed by atoms with Crippen LogP contribution in [0.5, 0.6) is 0 Å². The van der Waals surface area contributed by atoms with Crippen LogP contribution in [0, 0.1) is 0 Å². The van der Waals surface area contributed by atoms with E-state index in [1.807, 2.05) is 0 Å². The Kier molecular flexibility index (Phi) is 7.44. The SMILES string of the molecule is CS(=O)(=O)N(C/C=C/c1cc(Cl)cc(Cl)c1)Cc1cccc(CC(=O)O)c1. The molecule has 0 saturated heterocycles. The van der Waals surface area contributed by atoms with Gasteiger partial charge in [-0.05, 0) is 34.9 Å². The molecule has 0 unspecified atom stereocenters. The number of carboxylic acid groups (broad SMARTS) is 1. The average Bonchev–Trinajstić information content (AvgIpc) is 2.52. The number of hydrogen-bond donors (Lipinski definition) is 1. The number of nitrogens with zero attached hydrogens (tertiary/aromatic N) is 1. The molecule has 8 heteroatoms.